The third kappa shape index (κ3) is 1.22. The van der Waals surface area contributed by atoms with Gasteiger partial charge in [0.15, 0.2) is 0 Å². The normalized spacial score (nSPS) is 39.8. The van der Waals surface area contributed by atoms with Gasteiger partial charge in [-0.1, -0.05) is 38.5 Å². The molecular weight excluding hydrogens is 98.1 g/mol. The molecule has 2 atom stereocenters. The third-order valence-corrected chi connectivity index (χ3v) is 2.11. The maximum absolute atomic E-state index is 7.48. The van der Waals surface area contributed by atoms with Gasteiger partial charge in [0, 0.05) is 0 Å². The second-order valence-corrected chi connectivity index (χ2v) is 2.87. The summed E-state index contributed by atoms with van der Waals surface area (Å²) in [5, 5.41) is 0. The number of rotatable bonds is 0. The standard InChI is InChI=1S/C7H14N/c1-6-4-2-3-5-7(6)8/h6-8H,2-5H2,1H3/q-1. The van der Waals surface area contributed by atoms with Crippen LogP contribution in [0.25, 0.3) is 5.73 Å². The van der Waals surface area contributed by atoms with Gasteiger partial charge in [0.1, 0.15) is 0 Å². The molecule has 1 fully saturated rings. The molecule has 48 valence electrons. The van der Waals surface area contributed by atoms with E-state index in [-0.39, 0.29) is 6.04 Å². The van der Waals surface area contributed by atoms with Gasteiger partial charge in [0.25, 0.3) is 0 Å². The lowest BCUT2D eigenvalue weighted by Crippen LogP contribution is -2.17. The summed E-state index contributed by atoms with van der Waals surface area (Å²) in [5.74, 6) is 0.670. The molecule has 1 nitrogen and oxygen atoms in total. The molecule has 0 aliphatic heterocycles. The average molecular weight is 112 g/mol. The molecule has 1 saturated carbocycles. The predicted molar refractivity (Wildman–Crippen MR) is 35.7 cm³/mol. The van der Waals surface area contributed by atoms with Gasteiger partial charge in [-0.25, -0.2) is 0 Å². The highest BCUT2D eigenvalue weighted by Crippen LogP contribution is 2.24. The summed E-state index contributed by atoms with van der Waals surface area (Å²) in [5.41, 5.74) is 7.48. The zero-order valence-electron chi connectivity index (χ0n) is 5.48. The van der Waals surface area contributed by atoms with Crippen LogP contribution >= 0.6 is 0 Å². The van der Waals surface area contributed by atoms with Crippen molar-refractivity contribution in [3.05, 3.63) is 5.73 Å². The average Bonchev–Trinajstić information content (AvgIpc) is 1.77. The molecule has 1 N–H and O–H groups in total. The molecule has 0 bridgehead atoms. The molecule has 0 heterocycles. The van der Waals surface area contributed by atoms with Crippen molar-refractivity contribution >= 4 is 0 Å². The number of hydrogen-bond donors (Lipinski definition) is 0. The zero-order valence-corrected chi connectivity index (χ0v) is 5.48. The fraction of sp³-hybridized carbons (Fsp3) is 1.00. The van der Waals surface area contributed by atoms with Gasteiger partial charge in [-0.15, -0.1) is 6.04 Å². The van der Waals surface area contributed by atoms with Crippen molar-refractivity contribution in [1.29, 1.82) is 0 Å². The first kappa shape index (κ1) is 6.09. The predicted octanol–water partition coefficient (Wildman–Crippen LogP) is 2.62. The first-order valence-electron chi connectivity index (χ1n) is 3.52. The minimum atomic E-state index is 0.253. The van der Waals surface area contributed by atoms with Crippen LogP contribution in [-0.2, 0) is 0 Å². The van der Waals surface area contributed by atoms with E-state index in [4.69, 9.17) is 5.73 Å². The fourth-order valence-electron chi connectivity index (χ4n) is 1.32. The lowest BCUT2D eigenvalue weighted by molar-refractivity contribution is 0.367. The smallest absolute Gasteiger partial charge is 0.0521 e. The summed E-state index contributed by atoms with van der Waals surface area (Å²) in [4.78, 5) is 0. The van der Waals surface area contributed by atoms with Gasteiger partial charge in [0.2, 0.25) is 0 Å². The molecule has 8 heavy (non-hydrogen) atoms. The Morgan fingerprint density at radius 1 is 1.25 bits per heavy atom. The van der Waals surface area contributed by atoms with Crippen LogP contribution in [0.5, 0.6) is 0 Å². The Balaban J connectivity index is 2.28. The molecule has 0 saturated heterocycles. The van der Waals surface area contributed by atoms with Crippen LogP contribution in [0.3, 0.4) is 0 Å². The molecule has 0 aromatic heterocycles. The summed E-state index contributed by atoms with van der Waals surface area (Å²) in [6.45, 7) is 2.19. The maximum atomic E-state index is 7.48. The number of hydrogen-bond acceptors (Lipinski definition) is 0. The van der Waals surface area contributed by atoms with E-state index in [1.807, 2.05) is 0 Å². The minimum Gasteiger partial charge on any atom is -0.674 e. The lowest BCUT2D eigenvalue weighted by atomic mass is 9.87. The monoisotopic (exact) mass is 112 g/mol. The van der Waals surface area contributed by atoms with Crippen LogP contribution in [0.1, 0.15) is 32.6 Å². The van der Waals surface area contributed by atoms with Crippen molar-refractivity contribution < 1.29 is 0 Å². The van der Waals surface area contributed by atoms with Crippen molar-refractivity contribution in [2.45, 2.75) is 38.6 Å². The van der Waals surface area contributed by atoms with Gasteiger partial charge in [0.05, 0.1) is 0 Å². The Kier molecular flexibility index (Phi) is 1.90. The molecule has 0 amide bonds. The SMILES string of the molecule is CC1CCCCC1[NH-]. The molecule has 1 aliphatic rings. The molecule has 0 spiro atoms. The van der Waals surface area contributed by atoms with E-state index in [1.165, 1.54) is 19.3 Å². The first-order valence-corrected chi connectivity index (χ1v) is 3.52. The fourth-order valence-corrected chi connectivity index (χ4v) is 1.32. The van der Waals surface area contributed by atoms with Gasteiger partial charge in [-0.3, -0.25) is 0 Å². The van der Waals surface area contributed by atoms with Crippen LogP contribution in [0.15, 0.2) is 0 Å². The molecule has 1 heteroatoms. The first-order chi connectivity index (χ1) is 3.80. The summed E-state index contributed by atoms with van der Waals surface area (Å²) < 4.78 is 0. The van der Waals surface area contributed by atoms with Gasteiger partial charge in [-0.05, 0) is 0 Å². The molecular formula is C7H14N-. The van der Waals surface area contributed by atoms with Crippen LogP contribution in [0.2, 0.25) is 0 Å². The molecule has 0 aromatic carbocycles. The van der Waals surface area contributed by atoms with E-state index in [0.29, 0.717) is 5.92 Å². The minimum absolute atomic E-state index is 0.253. The Hall–Kier alpha value is -0.0400. The van der Waals surface area contributed by atoms with Crippen LogP contribution in [0.4, 0.5) is 0 Å². The van der Waals surface area contributed by atoms with Crippen molar-refractivity contribution in [3.63, 3.8) is 0 Å². The largest absolute Gasteiger partial charge is 0.674 e. The molecule has 1 rings (SSSR count). The van der Waals surface area contributed by atoms with Crippen molar-refractivity contribution in [2.24, 2.45) is 5.92 Å². The zero-order chi connectivity index (χ0) is 5.98. The Bertz CT molecular complexity index is 60.8. The highest BCUT2D eigenvalue weighted by atomic mass is 14.6. The van der Waals surface area contributed by atoms with Crippen LogP contribution in [-0.4, -0.2) is 6.04 Å². The molecule has 0 aromatic rings. The number of nitrogens with one attached hydrogen (secondary N) is 1. The quantitative estimate of drug-likeness (QED) is 0.460. The van der Waals surface area contributed by atoms with Gasteiger partial charge < -0.3 is 5.73 Å². The summed E-state index contributed by atoms with van der Waals surface area (Å²) in [6.07, 6.45) is 5.07. The molecule has 1 aliphatic carbocycles. The Labute approximate surface area is 51.3 Å². The van der Waals surface area contributed by atoms with Crippen molar-refractivity contribution in [2.75, 3.05) is 0 Å². The summed E-state index contributed by atoms with van der Waals surface area (Å²) in [6, 6.07) is 0.253. The topological polar surface area (TPSA) is 23.8 Å². The maximum Gasteiger partial charge on any atom is -0.0521 e. The van der Waals surface area contributed by atoms with E-state index in [2.05, 4.69) is 6.92 Å². The van der Waals surface area contributed by atoms with E-state index >= 15 is 0 Å². The van der Waals surface area contributed by atoms with E-state index < -0.39 is 0 Å². The van der Waals surface area contributed by atoms with Gasteiger partial charge in [-0.2, -0.15) is 0 Å². The van der Waals surface area contributed by atoms with Gasteiger partial charge >= 0.3 is 0 Å². The van der Waals surface area contributed by atoms with Crippen LogP contribution < -0.4 is 0 Å². The Morgan fingerprint density at radius 3 is 2.25 bits per heavy atom. The second-order valence-electron chi connectivity index (χ2n) is 2.87. The third-order valence-electron chi connectivity index (χ3n) is 2.11. The second kappa shape index (κ2) is 2.49. The summed E-state index contributed by atoms with van der Waals surface area (Å²) in [7, 11) is 0. The highest BCUT2D eigenvalue weighted by molar-refractivity contribution is 4.82. The van der Waals surface area contributed by atoms with E-state index in [0.717, 1.165) is 6.42 Å². The van der Waals surface area contributed by atoms with Crippen molar-refractivity contribution in [1.82, 2.24) is 0 Å². The highest BCUT2D eigenvalue weighted by Gasteiger charge is 2.10. The van der Waals surface area contributed by atoms with E-state index in [9.17, 15) is 0 Å². The molecule has 0 radical (unpaired) electrons. The molecule has 2 unspecified atom stereocenters. The van der Waals surface area contributed by atoms with Crippen LogP contribution in [0, 0.1) is 5.92 Å². The van der Waals surface area contributed by atoms with Crippen molar-refractivity contribution in [3.8, 4) is 0 Å². The summed E-state index contributed by atoms with van der Waals surface area (Å²) >= 11 is 0. The Morgan fingerprint density at radius 2 is 1.88 bits per heavy atom. The van der Waals surface area contributed by atoms with E-state index in [1.54, 1.807) is 0 Å². The lowest BCUT2D eigenvalue weighted by Gasteiger charge is -2.31.